The van der Waals surface area contributed by atoms with Gasteiger partial charge in [-0.1, -0.05) is 81.8 Å². The van der Waals surface area contributed by atoms with Crippen LogP contribution in [0.4, 0.5) is 4.79 Å². The summed E-state index contributed by atoms with van der Waals surface area (Å²) < 4.78 is 0. The summed E-state index contributed by atoms with van der Waals surface area (Å²) in [7, 11) is 0. The zero-order chi connectivity index (χ0) is 33.5. The Kier molecular flexibility index (Phi) is 14.9. The summed E-state index contributed by atoms with van der Waals surface area (Å²) in [6, 6.07) is 12.0. The molecule has 2 aromatic rings. The highest BCUT2D eigenvalue weighted by Crippen LogP contribution is 2.29. The van der Waals surface area contributed by atoms with Crippen molar-refractivity contribution in [3.8, 4) is 0 Å². The minimum Gasteiger partial charge on any atom is -0.480 e. The van der Waals surface area contributed by atoms with Gasteiger partial charge < -0.3 is 20.8 Å². The molecule has 10 nitrogen and oxygen atoms in total. The summed E-state index contributed by atoms with van der Waals surface area (Å²) in [5.74, 6) is -1.31. The molecule has 46 heavy (non-hydrogen) atoms. The molecule has 4 atom stereocenters. The number of pyridine rings is 1. The van der Waals surface area contributed by atoms with Crippen LogP contribution in [0, 0.1) is 5.92 Å². The van der Waals surface area contributed by atoms with Gasteiger partial charge in [0.25, 0.3) is 0 Å². The molecule has 1 aromatic carbocycles. The van der Waals surface area contributed by atoms with Gasteiger partial charge in [0.2, 0.25) is 5.91 Å². The molecular weight excluding hydrogens is 582 g/mol. The molecule has 254 valence electrons. The van der Waals surface area contributed by atoms with Gasteiger partial charge in [0.05, 0.1) is 12.1 Å². The Labute approximate surface area is 274 Å². The first-order chi connectivity index (χ1) is 22.0. The van der Waals surface area contributed by atoms with Gasteiger partial charge in [-0.2, -0.15) is 0 Å². The summed E-state index contributed by atoms with van der Waals surface area (Å²) in [5, 5.41) is 28.5. The van der Waals surface area contributed by atoms with E-state index < -0.39 is 47.7 Å². The lowest BCUT2D eigenvalue weighted by Gasteiger charge is -2.39. The average Bonchev–Trinajstić information content (AvgIpc) is 3.02. The van der Waals surface area contributed by atoms with E-state index in [1.165, 1.54) is 11.4 Å². The fraction of sp³-hybridized carbons (Fsp3) is 0.611. The number of aliphatic carboxylic acids is 1. The Morgan fingerprint density at radius 2 is 1.70 bits per heavy atom. The Bertz CT molecular complexity index is 1200. The second-order valence-electron chi connectivity index (χ2n) is 13.7. The van der Waals surface area contributed by atoms with E-state index in [9.17, 15) is 24.6 Å². The van der Waals surface area contributed by atoms with E-state index >= 15 is 0 Å². The zero-order valence-electron chi connectivity index (χ0n) is 28.1. The molecule has 1 saturated carbocycles. The highest BCUT2D eigenvalue weighted by atomic mass is 16.4. The van der Waals surface area contributed by atoms with Crippen LogP contribution in [0.15, 0.2) is 54.7 Å². The number of amides is 3. The molecule has 1 fully saturated rings. The third-order valence-electron chi connectivity index (χ3n) is 8.52. The van der Waals surface area contributed by atoms with Crippen LogP contribution >= 0.6 is 0 Å². The molecule has 0 unspecified atom stereocenters. The summed E-state index contributed by atoms with van der Waals surface area (Å²) in [5.41, 5.74) is 4.52. The topological polar surface area (TPSA) is 144 Å². The van der Waals surface area contributed by atoms with Gasteiger partial charge in [-0.05, 0) is 76.5 Å². The standard InChI is InChI=1S/C36H55N5O5/c1-5-15-29(34(44)45)38-33(43)31(25-27-18-10-7-11-19-27)41(35(46)39-36(2,3)4)40-30(24-26-16-8-6-9-17-26)32(42)22-14-21-28-20-12-13-23-37-28/h7,10-13,18-20,23,26,29-32,40,42H,5-6,8-9,14-17,21-22,24-25H2,1-4H3,(H,38,43)(H,39,46)(H,44,45)/t29-,30-,31-,32-/m0/s1. The highest BCUT2D eigenvalue weighted by Gasteiger charge is 2.37. The molecule has 1 aliphatic carbocycles. The molecule has 3 rings (SSSR count). The fourth-order valence-corrected chi connectivity index (χ4v) is 6.12. The third kappa shape index (κ3) is 12.7. The van der Waals surface area contributed by atoms with Gasteiger partial charge in [0.15, 0.2) is 0 Å². The number of carbonyl (C=O) groups excluding carboxylic acids is 2. The molecule has 3 amide bonds. The first kappa shape index (κ1) is 37.0. The number of aliphatic hydroxyl groups excluding tert-OH is 1. The number of urea groups is 1. The lowest BCUT2D eigenvalue weighted by atomic mass is 9.83. The van der Waals surface area contributed by atoms with Crippen molar-refractivity contribution < 1.29 is 24.6 Å². The van der Waals surface area contributed by atoms with Crippen LogP contribution in [0.3, 0.4) is 0 Å². The SMILES string of the molecule is CCC[C@H](NC(=O)[C@H](Cc1ccccc1)N(N[C@@H](CC1CCCCC1)[C@@H](O)CCCc1ccccn1)C(=O)NC(C)(C)C)C(=O)O. The number of hydrogen-bond acceptors (Lipinski definition) is 6. The number of carbonyl (C=O) groups is 3. The monoisotopic (exact) mass is 637 g/mol. The van der Waals surface area contributed by atoms with E-state index in [1.807, 2.05) is 76.2 Å². The van der Waals surface area contributed by atoms with E-state index in [4.69, 9.17) is 0 Å². The molecule has 10 heteroatoms. The van der Waals surface area contributed by atoms with Crippen molar-refractivity contribution in [3.05, 3.63) is 66.0 Å². The van der Waals surface area contributed by atoms with Crippen molar-refractivity contribution in [1.82, 2.24) is 26.1 Å². The smallest absolute Gasteiger partial charge is 0.332 e. The minimum atomic E-state index is -1.12. The molecule has 0 radical (unpaired) electrons. The highest BCUT2D eigenvalue weighted by molar-refractivity contribution is 5.90. The number of carboxylic acids is 1. The zero-order valence-corrected chi connectivity index (χ0v) is 28.1. The normalized spacial score (nSPS) is 16.5. The number of rotatable bonds is 17. The number of hydrogen-bond donors (Lipinski definition) is 5. The lowest BCUT2D eigenvalue weighted by molar-refractivity contribution is -0.143. The van der Waals surface area contributed by atoms with Gasteiger partial charge in [-0.3, -0.25) is 9.78 Å². The number of carboxylic acid groups (broad SMARTS) is 1. The van der Waals surface area contributed by atoms with Crippen molar-refractivity contribution in [1.29, 1.82) is 0 Å². The van der Waals surface area contributed by atoms with Crippen molar-refractivity contribution in [3.63, 3.8) is 0 Å². The number of aliphatic hydroxyl groups is 1. The average molecular weight is 638 g/mol. The van der Waals surface area contributed by atoms with Gasteiger partial charge in [0.1, 0.15) is 12.1 Å². The minimum absolute atomic E-state index is 0.154. The Morgan fingerprint density at radius 1 is 1.00 bits per heavy atom. The number of aryl methyl sites for hydroxylation is 1. The summed E-state index contributed by atoms with van der Waals surface area (Å²) in [6.45, 7) is 7.45. The van der Waals surface area contributed by atoms with Crippen LogP contribution in [0.2, 0.25) is 0 Å². The molecule has 0 aliphatic heterocycles. The second-order valence-corrected chi connectivity index (χ2v) is 13.7. The lowest BCUT2D eigenvalue weighted by Crippen LogP contribution is -2.65. The molecule has 5 N–H and O–H groups in total. The van der Waals surface area contributed by atoms with Crippen molar-refractivity contribution in [2.24, 2.45) is 5.92 Å². The Hall–Kier alpha value is -3.50. The van der Waals surface area contributed by atoms with Crippen LogP contribution < -0.4 is 16.1 Å². The quantitative estimate of drug-likeness (QED) is 0.146. The Balaban J connectivity index is 1.95. The summed E-state index contributed by atoms with van der Waals surface area (Å²) in [6.07, 6.45) is 10.1. The molecular formula is C36H55N5O5. The van der Waals surface area contributed by atoms with E-state index in [-0.39, 0.29) is 12.8 Å². The first-order valence-corrected chi connectivity index (χ1v) is 17.0. The summed E-state index contributed by atoms with van der Waals surface area (Å²) >= 11 is 0. The number of aromatic nitrogens is 1. The predicted molar refractivity (Wildman–Crippen MR) is 180 cm³/mol. The van der Waals surface area contributed by atoms with E-state index in [0.29, 0.717) is 31.6 Å². The Morgan fingerprint density at radius 3 is 2.30 bits per heavy atom. The van der Waals surface area contributed by atoms with E-state index in [1.54, 1.807) is 6.20 Å². The number of benzene rings is 1. The maximum Gasteiger partial charge on any atom is 0.332 e. The molecule has 1 heterocycles. The number of hydrazine groups is 1. The van der Waals surface area contributed by atoms with Crippen LogP contribution in [0.1, 0.15) is 103 Å². The van der Waals surface area contributed by atoms with Gasteiger partial charge in [-0.25, -0.2) is 20.0 Å². The largest absolute Gasteiger partial charge is 0.480 e. The number of nitrogens with one attached hydrogen (secondary N) is 3. The van der Waals surface area contributed by atoms with Crippen molar-refractivity contribution in [2.75, 3.05) is 0 Å². The van der Waals surface area contributed by atoms with Gasteiger partial charge >= 0.3 is 12.0 Å². The first-order valence-electron chi connectivity index (χ1n) is 17.0. The molecule has 0 spiro atoms. The predicted octanol–water partition coefficient (Wildman–Crippen LogP) is 5.40. The maximum absolute atomic E-state index is 14.1. The second kappa shape index (κ2) is 18.6. The molecule has 1 aromatic heterocycles. The van der Waals surface area contributed by atoms with Crippen LogP contribution in [-0.4, -0.2) is 67.9 Å². The fourth-order valence-electron chi connectivity index (χ4n) is 6.12. The molecule has 0 bridgehead atoms. The van der Waals surface area contributed by atoms with Gasteiger partial charge in [-0.15, -0.1) is 0 Å². The van der Waals surface area contributed by atoms with Crippen molar-refractivity contribution >= 4 is 17.9 Å². The van der Waals surface area contributed by atoms with Crippen molar-refractivity contribution in [2.45, 2.75) is 135 Å². The third-order valence-corrected chi connectivity index (χ3v) is 8.52. The number of nitrogens with zero attached hydrogens (tertiary/aromatic N) is 2. The van der Waals surface area contributed by atoms with Crippen LogP contribution in [0.5, 0.6) is 0 Å². The van der Waals surface area contributed by atoms with Gasteiger partial charge in [0, 0.05) is 23.9 Å². The van der Waals surface area contributed by atoms with E-state index in [0.717, 1.165) is 43.4 Å². The van der Waals surface area contributed by atoms with Crippen LogP contribution in [-0.2, 0) is 22.4 Å². The van der Waals surface area contributed by atoms with Crippen LogP contribution in [0.25, 0.3) is 0 Å². The van der Waals surface area contributed by atoms with E-state index in [2.05, 4.69) is 21.0 Å². The molecule has 0 saturated heterocycles. The summed E-state index contributed by atoms with van der Waals surface area (Å²) in [4.78, 5) is 44.5. The maximum atomic E-state index is 14.1. The molecule has 1 aliphatic rings.